The summed E-state index contributed by atoms with van der Waals surface area (Å²) < 4.78 is 0. The third kappa shape index (κ3) is 1.74. The van der Waals surface area contributed by atoms with E-state index in [1.54, 1.807) is 0 Å². The molecular formula is C9H19NO. The Kier molecular flexibility index (Phi) is 2.26. The van der Waals surface area contributed by atoms with E-state index < -0.39 is 0 Å². The van der Waals surface area contributed by atoms with Crippen LogP contribution in [0.25, 0.3) is 0 Å². The van der Waals surface area contributed by atoms with E-state index in [0.29, 0.717) is 6.04 Å². The molecular weight excluding hydrogens is 138 g/mol. The molecule has 2 heteroatoms. The summed E-state index contributed by atoms with van der Waals surface area (Å²) in [5, 5.41) is 9.49. The van der Waals surface area contributed by atoms with E-state index in [0.717, 1.165) is 13.0 Å². The van der Waals surface area contributed by atoms with Crippen molar-refractivity contribution in [3.63, 3.8) is 0 Å². The quantitative estimate of drug-likeness (QED) is 0.572. The van der Waals surface area contributed by atoms with E-state index in [9.17, 15) is 5.11 Å². The summed E-state index contributed by atoms with van der Waals surface area (Å²) in [5.74, 6) is 0. The van der Waals surface area contributed by atoms with Crippen molar-refractivity contribution < 1.29 is 5.11 Å². The molecule has 1 fully saturated rings. The first-order valence-electron chi connectivity index (χ1n) is 4.38. The molecule has 2 atom stereocenters. The third-order valence-corrected chi connectivity index (χ3v) is 2.58. The molecule has 0 aliphatic carbocycles. The van der Waals surface area contributed by atoms with Crippen molar-refractivity contribution in [2.45, 2.75) is 51.8 Å². The van der Waals surface area contributed by atoms with E-state index in [-0.39, 0.29) is 11.6 Å². The summed E-state index contributed by atoms with van der Waals surface area (Å²) in [6.07, 6.45) is 0.813. The van der Waals surface area contributed by atoms with Gasteiger partial charge in [-0.3, -0.25) is 4.90 Å². The Morgan fingerprint density at radius 3 is 2.09 bits per heavy atom. The van der Waals surface area contributed by atoms with Gasteiger partial charge >= 0.3 is 0 Å². The zero-order valence-electron chi connectivity index (χ0n) is 7.96. The number of aliphatic hydroxyl groups excluding tert-OH is 1. The first-order chi connectivity index (χ1) is 4.93. The van der Waals surface area contributed by atoms with Crippen LogP contribution in [0.1, 0.15) is 34.1 Å². The topological polar surface area (TPSA) is 23.5 Å². The zero-order valence-corrected chi connectivity index (χ0v) is 7.96. The highest BCUT2D eigenvalue weighted by molar-refractivity contribution is 4.90. The average Bonchev–Trinajstić information content (AvgIpc) is 2.11. The van der Waals surface area contributed by atoms with Gasteiger partial charge in [0.25, 0.3) is 0 Å². The SMILES string of the molecule is C[C@@H]1[C@H](O)CCN1C(C)(C)C. The van der Waals surface area contributed by atoms with Gasteiger partial charge in [0.15, 0.2) is 0 Å². The van der Waals surface area contributed by atoms with Gasteiger partial charge in [-0.1, -0.05) is 0 Å². The summed E-state index contributed by atoms with van der Waals surface area (Å²) in [6, 6.07) is 0.329. The molecule has 1 rings (SSSR count). The van der Waals surface area contributed by atoms with Gasteiger partial charge in [0.2, 0.25) is 0 Å². The third-order valence-electron chi connectivity index (χ3n) is 2.58. The standard InChI is InChI=1S/C9H19NO/c1-7-8(11)5-6-10(7)9(2,3)4/h7-8,11H,5-6H2,1-4H3/t7-,8-/m1/s1. The highest BCUT2D eigenvalue weighted by Crippen LogP contribution is 2.25. The molecule has 0 saturated carbocycles. The number of likely N-dealkylation sites (tertiary alicyclic amines) is 1. The molecule has 0 spiro atoms. The Morgan fingerprint density at radius 2 is 1.91 bits per heavy atom. The molecule has 0 unspecified atom stereocenters. The van der Waals surface area contributed by atoms with E-state index in [2.05, 4.69) is 32.6 Å². The maximum absolute atomic E-state index is 9.49. The summed E-state index contributed by atoms with van der Waals surface area (Å²) >= 11 is 0. The van der Waals surface area contributed by atoms with Crippen molar-refractivity contribution in [1.82, 2.24) is 4.90 Å². The fourth-order valence-corrected chi connectivity index (χ4v) is 1.87. The molecule has 1 N–H and O–H groups in total. The van der Waals surface area contributed by atoms with Crippen molar-refractivity contribution in [3.05, 3.63) is 0 Å². The summed E-state index contributed by atoms with van der Waals surface area (Å²) in [6.45, 7) is 9.72. The molecule has 1 saturated heterocycles. The Hall–Kier alpha value is -0.0800. The molecule has 2 nitrogen and oxygen atoms in total. The number of nitrogens with zero attached hydrogens (tertiary/aromatic N) is 1. The minimum absolute atomic E-state index is 0.116. The van der Waals surface area contributed by atoms with Crippen LogP contribution in [-0.2, 0) is 0 Å². The zero-order chi connectivity index (χ0) is 8.65. The molecule has 0 radical (unpaired) electrons. The van der Waals surface area contributed by atoms with Gasteiger partial charge in [-0.25, -0.2) is 0 Å². The Morgan fingerprint density at radius 1 is 1.36 bits per heavy atom. The highest BCUT2D eigenvalue weighted by Gasteiger charge is 2.35. The Labute approximate surface area is 69.2 Å². The second-order valence-electron chi connectivity index (χ2n) is 4.46. The lowest BCUT2D eigenvalue weighted by Gasteiger charge is -2.35. The van der Waals surface area contributed by atoms with Crippen LogP contribution < -0.4 is 0 Å². The van der Waals surface area contributed by atoms with Crippen molar-refractivity contribution in [2.75, 3.05) is 6.54 Å². The van der Waals surface area contributed by atoms with Gasteiger partial charge in [0, 0.05) is 18.1 Å². The lowest BCUT2D eigenvalue weighted by atomic mass is 10.1. The molecule has 1 heterocycles. The Balaban J connectivity index is 2.62. The normalized spacial score (nSPS) is 34.6. The smallest absolute Gasteiger partial charge is 0.0705 e. The summed E-state index contributed by atoms with van der Waals surface area (Å²) in [5.41, 5.74) is 0.205. The monoisotopic (exact) mass is 157 g/mol. The van der Waals surface area contributed by atoms with Crippen LogP contribution in [0.15, 0.2) is 0 Å². The van der Waals surface area contributed by atoms with E-state index >= 15 is 0 Å². The summed E-state index contributed by atoms with van der Waals surface area (Å²) in [7, 11) is 0. The maximum atomic E-state index is 9.49. The largest absolute Gasteiger partial charge is 0.391 e. The number of aliphatic hydroxyl groups is 1. The molecule has 11 heavy (non-hydrogen) atoms. The van der Waals surface area contributed by atoms with Crippen LogP contribution in [0.5, 0.6) is 0 Å². The minimum Gasteiger partial charge on any atom is -0.391 e. The molecule has 0 amide bonds. The number of hydrogen-bond acceptors (Lipinski definition) is 2. The van der Waals surface area contributed by atoms with Crippen molar-refractivity contribution in [1.29, 1.82) is 0 Å². The van der Waals surface area contributed by atoms with Gasteiger partial charge in [0.1, 0.15) is 0 Å². The number of hydrogen-bond donors (Lipinski definition) is 1. The maximum Gasteiger partial charge on any atom is 0.0705 e. The fraction of sp³-hybridized carbons (Fsp3) is 1.00. The summed E-state index contributed by atoms with van der Waals surface area (Å²) in [4.78, 5) is 2.36. The van der Waals surface area contributed by atoms with Gasteiger partial charge in [0.05, 0.1) is 6.10 Å². The molecule has 0 bridgehead atoms. The fourth-order valence-electron chi connectivity index (χ4n) is 1.87. The van der Waals surface area contributed by atoms with E-state index in [4.69, 9.17) is 0 Å². The molecule has 1 aliphatic heterocycles. The van der Waals surface area contributed by atoms with Crippen molar-refractivity contribution >= 4 is 0 Å². The Bertz CT molecular complexity index is 139. The molecule has 0 aromatic rings. The van der Waals surface area contributed by atoms with Crippen LogP contribution in [-0.4, -0.2) is 34.2 Å². The van der Waals surface area contributed by atoms with E-state index in [1.807, 2.05) is 0 Å². The highest BCUT2D eigenvalue weighted by atomic mass is 16.3. The van der Waals surface area contributed by atoms with Crippen LogP contribution in [0.2, 0.25) is 0 Å². The van der Waals surface area contributed by atoms with Crippen LogP contribution >= 0.6 is 0 Å². The average molecular weight is 157 g/mol. The van der Waals surface area contributed by atoms with Gasteiger partial charge in [-0.15, -0.1) is 0 Å². The molecule has 66 valence electrons. The predicted octanol–water partition coefficient (Wildman–Crippen LogP) is 1.24. The number of rotatable bonds is 0. The predicted molar refractivity (Wildman–Crippen MR) is 46.5 cm³/mol. The van der Waals surface area contributed by atoms with Gasteiger partial charge in [-0.2, -0.15) is 0 Å². The first-order valence-corrected chi connectivity index (χ1v) is 4.38. The minimum atomic E-state index is -0.116. The van der Waals surface area contributed by atoms with Gasteiger partial charge in [-0.05, 0) is 34.1 Å². The van der Waals surface area contributed by atoms with Crippen LogP contribution in [0.4, 0.5) is 0 Å². The van der Waals surface area contributed by atoms with Crippen LogP contribution in [0.3, 0.4) is 0 Å². The van der Waals surface area contributed by atoms with E-state index in [1.165, 1.54) is 0 Å². The van der Waals surface area contributed by atoms with Crippen LogP contribution in [0, 0.1) is 0 Å². The lowest BCUT2D eigenvalue weighted by molar-refractivity contribution is 0.0743. The second-order valence-corrected chi connectivity index (χ2v) is 4.46. The first kappa shape index (κ1) is 9.01. The second kappa shape index (κ2) is 2.76. The lowest BCUT2D eigenvalue weighted by Crippen LogP contribution is -2.45. The molecule has 1 aliphatic rings. The van der Waals surface area contributed by atoms with Crippen molar-refractivity contribution in [2.24, 2.45) is 0 Å². The molecule has 0 aromatic carbocycles. The van der Waals surface area contributed by atoms with Gasteiger partial charge < -0.3 is 5.11 Å². The van der Waals surface area contributed by atoms with Crippen molar-refractivity contribution in [3.8, 4) is 0 Å². The molecule has 0 aromatic heterocycles.